The predicted molar refractivity (Wildman–Crippen MR) is 51.8 cm³/mol. The molecule has 0 unspecified atom stereocenters. The SMILES string of the molecule is CCC(=O)Oc1cccc(N)c1Cl. The van der Waals surface area contributed by atoms with E-state index >= 15 is 0 Å². The van der Waals surface area contributed by atoms with Gasteiger partial charge in [-0.1, -0.05) is 24.6 Å². The van der Waals surface area contributed by atoms with Gasteiger partial charge in [0.1, 0.15) is 5.02 Å². The van der Waals surface area contributed by atoms with E-state index in [2.05, 4.69) is 0 Å². The zero-order chi connectivity index (χ0) is 9.84. The van der Waals surface area contributed by atoms with Crippen LogP contribution in [-0.2, 0) is 4.79 Å². The van der Waals surface area contributed by atoms with Crippen molar-refractivity contribution in [2.24, 2.45) is 0 Å². The van der Waals surface area contributed by atoms with Crippen LogP contribution in [0.1, 0.15) is 13.3 Å². The highest BCUT2D eigenvalue weighted by atomic mass is 35.5. The van der Waals surface area contributed by atoms with Crippen LogP contribution >= 0.6 is 11.6 Å². The molecule has 0 fully saturated rings. The largest absolute Gasteiger partial charge is 0.425 e. The molecule has 0 bridgehead atoms. The van der Waals surface area contributed by atoms with Crippen LogP contribution in [0.25, 0.3) is 0 Å². The van der Waals surface area contributed by atoms with E-state index in [0.717, 1.165) is 0 Å². The maximum atomic E-state index is 10.9. The van der Waals surface area contributed by atoms with E-state index in [9.17, 15) is 4.79 Å². The van der Waals surface area contributed by atoms with Crippen LogP contribution in [0.5, 0.6) is 5.75 Å². The number of carbonyl (C=O) groups is 1. The quantitative estimate of drug-likeness (QED) is 0.452. The van der Waals surface area contributed by atoms with Crippen molar-refractivity contribution in [3.63, 3.8) is 0 Å². The second kappa shape index (κ2) is 4.14. The molecule has 1 aromatic carbocycles. The van der Waals surface area contributed by atoms with Crippen molar-refractivity contribution in [2.75, 3.05) is 5.73 Å². The fraction of sp³-hybridized carbons (Fsp3) is 0.222. The molecule has 2 N–H and O–H groups in total. The molecule has 4 heteroatoms. The summed E-state index contributed by atoms with van der Waals surface area (Å²) < 4.78 is 4.92. The first-order chi connectivity index (χ1) is 6.15. The van der Waals surface area contributed by atoms with E-state index in [1.807, 2.05) is 0 Å². The first-order valence-corrected chi connectivity index (χ1v) is 4.27. The van der Waals surface area contributed by atoms with Gasteiger partial charge in [0.15, 0.2) is 5.75 Å². The Morgan fingerprint density at radius 3 is 2.92 bits per heavy atom. The van der Waals surface area contributed by atoms with Crippen molar-refractivity contribution < 1.29 is 9.53 Å². The van der Waals surface area contributed by atoms with E-state index in [4.69, 9.17) is 22.1 Å². The lowest BCUT2D eigenvalue weighted by Crippen LogP contribution is -2.06. The molecule has 0 amide bonds. The lowest BCUT2D eigenvalue weighted by atomic mass is 10.3. The molecule has 3 nitrogen and oxygen atoms in total. The lowest BCUT2D eigenvalue weighted by molar-refractivity contribution is -0.134. The van der Waals surface area contributed by atoms with Crippen LogP contribution in [0.3, 0.4) is 0 Å². The number of esters is 1. The molecule has 0 aliphatic rings. The highest BCUT2D eigenvalue weighted by molar-refractivity contribution is 6.34. The number of nitrogens with two attached hydrogens (primary N) is 1. The molecule has 0 saturated heterocycles. The van der Waals surface area contributed by atoms with E-state index in [-0.39, 0.29) is 11.0 Å². The fourth-order valence-electron chi connectivity index (χ4n) is 0.801. The Morgan fingerprint density at radius 2 is 2.31 bits per heavy atom. The lowest BCUT2D eigenvalue weighted by Gasteiger charge is -2.05. The molecule has 0 atom stereocenters. The van der Waals surface area contributed by atoms with Gasteiger partial charge in [-0.2, -0.15) is 0 Å². The minimum Gasteiger partial charge on any atom is -0.425 e. The van der Waals surface area contributed by atoms with Crippen LogP contribution in [0.15, 0.2) is 18.2 Å². The Morgan fingerprint density at radius 1 is 1.62 bits per heavy atom. The van der Waals surface area contributed by atoms with Gasteiger partial charge >= 0.3 is 5.97 Å². The van der Waals surface area contributed by atoms with Gasteiger partial charge in [-0.25, -0.2) is 0 Å². The highest BCUT2D eigenvalue weighted by Crippen LogP contribution is 2.29. The van der Waals surface area contributed by atoms with Crippen molar-refractivity contribution in [3.05, 3.63) is 23.2 Å². The number of rotatable bonds is 2. The zero-order valence-electron chi connectivity index (χ0n) is 7.21. The van der Waals surface area contributed by atoms with Crippen LogP contribution in [0, 0.1) is 0 Å². The molecular formula is C9H10ClNO2. The van der Waals surface area contributed by atoms with Crippen LogP contribution in [0.2, 0.25) is 5.02 Å². The first kappa shape index (κ1) is 9.86. The topological polar surface area (TPSA) is 52.3 Å². The number of hydrogen-bond acceptors (Lipinski definition) is 3. The third-order valence-corrected chi connectivity index (χ3v) is 1.91. The summed E-state index contributed by atoms with van der Waals surface area (Å²) in [6.45, 7) is 1.71. The molecule has 70 valence electrons. The van der Waals surface area contributed by atoms with Crippen molar-refractivity contribution in [1.29, 1.82) is 0 Å². The molecule has 13 heavy (non-hydrogen) atoms. The third-order valence-electron chi connectivity index (χ3n) is 1.51. The summed E-state index contributed by atoms with van der Waals surface area (Å²) in [7, 11) is 0. The molecule has 0 aliphatic heterocycles. The summed E-state index contributed by atoms with van der Waals surface area (Å²) in [4.78, 5) is 10.9. The molecule has 1 aromatic rings. The third kappa shape index (κ3) is 2.36. The summed E-state index contributed by atoms with van der Waals surface area (Å²) in [5.41, 5.74) is 5.92. The number of nitrogen functional groups attached to an aromatic ring is 1. The molecule has 0 heterocycles. The van der Waals surface area contributed by atoms with E-state index in [1.165, 1.54) is 0 Å². The molecule has 0 aromatic heterocycles. The molecule has 0 radical (unpaired) electrons. The zero-order valence-corrected chi connectivity index (χ0v) is 7.97. The summed E-state index contributed by atoms with van der Waals surface area (Å²) in [6.07, 6.45) is 0.311. The van der Waals surface area contributed by atoms with Crippen molar-refractivity contribution >= 4 is 23.3 Å². The summed E-state index contributed by atoms with van der Waals surface area (Å²) >= 11 is 5.79. The summed E-state index contributed by atoms with van der Waals surface area (Å²) in [6, 6.07) is 4.93. The number of ether oxygens (including phenoxy) is 1. The Labute approximate surface area is 81.4 Å². The first-order valence-electron chi connectivity index (χ1n) is 3.89. The Hall–Kier alpha value is -1.22. The van der Waals surface area contributed by atoms with Crippen LogP contribution in [-0.4, -0.2) is 5.97 Å². The molecule has 0 spiro atoms. The smallest absolute Gasteiger partial charge is 0.310 e. The van der Waals surface area contributed by atoms with Gasteiger partial charge in [-0.05, 0) is 12.1 Å². The standard InChI is InChI=1S/C9H10ClNO2/c1-2-8(12)13-7-5-3-4-6(11)9(7)10/h3-5H,2,11H2,1H3. The Balaban J connectivity index is 2.89. The number of carbonyl (C=O) groups excluding carboxylic acids is 1. The van der Waals surface area contributed by atoms with Crippen LogP contribution in [0.4, 0.5) is 5.69 Å². The van der Waals surface area contributed by atoms with Gasteiger partial charge in [0.05, 0.1) is 5.69 Å². The molecule has 1 rings (SSSR count). The molecular weight excluding hydrogens is 190 g/mol. The molecule has 0 aliphatic carbocycles. The van der Waals surface area contributed by atoms with Gasteiger partial charge in [-0.15, -0.1) is 0 Å². The second-order valence-corrected chi connectivity index (χ2v) is 2.86. The van der Waals surface area contributed by atoms with E-state index < -0.39 is 0 Å². The Bertz CT molecular complexity index is 325. The Kier molecular flexibility index (Phi) is 3.14. The van der Waals surface area contributed by atoms with Gasteiger partial charge in [0.25, 0.3) is 0 Å². The number of halogens is 1. The van der Waals surface area contributed by atoms with Gasteiger partial charge in [-0.3, -0.25) is 4.79 Å². The number of hydrogen-bond donors (Lipinski definition) is 1. The number of benzene rings is 1. The molecule has 0 saturated carbocycles. The van der Waals surface area contributed by atoms with Gasteiger partial charge in [0, 0.05) is 6.42 Å². The maximum Gasteiger partial charge on any atom is 0.310 e. The van der Waals surface area contributed by atoms with E-state index in [1.54, 1.807) is 25.1 Å². The van der Waals surface area contributed by atoms with Gasteiger partial charge in [0.2, 0.25) is 0 Å². The van der Waals surface area contributed by atoms with Crippen molar-refractivity contribution in [1.82, 2.24) is 0 Å². The minimum absolute atomic E-state index is 0.282. The number of anilines is 1. The minimum atomic E-state index is -0.326. The monoisotopic (exact) mass is 199 g/mol. The normalized spacial score (nSPS) is 9.69. The second-order valence-electron chi connectivity index (χ2n) is 2.49. The highest BCUT2D eigenvalue weighted by Gasteiger charge is 2.07. The van der Waals surface area contributed by atoms with E-state index in [0.29, 0.717) is 17.9 Å². The van der Waals surface area contributed by atoms with Crippen molar-refractivity contribution in [3.8, 4) is 5.75 Å². The average molecular weight is 200 g/mol. The average Bonchev–Trinajstić information content (AvgIpc) is 2.13. The maximum absolute atomic E-state index is 10.9. The predicted octanol–water partition coefficient (Wildman–Crippen LogP) is 2.24. The summed E-state index contributed by atoms with van der Waals surface area (Å²) in [5.74, 6) is -0.0129. The van der Waals surface area contributed by atoms with Crippen LogP contribution < -0.4 is 10.5 Å². The van der Waals surface area contributed by atoms with Gasteiger partial charge < -0.3 is 10.5 Å². The fourth-order valence-corrected chi connectivity index (χ4v) is 0.966. The summed E-state index contributed by atoms with van der Waals surface area (Å²) in [5, 5.41) is 0.282. The van der Waals surface area contributed by atoms with Crippen molar-refractivity contribution in [2.45, 2.75) is 13.3 Å².